The zero-order valence-electron chi connectivity index (χ0n) is 15.4. The van der Waals surface area contributed by atoms with Gasteiger partial charge in [-0.3, -0.25) is 14.5 Å². The number of nitrogens with zero attached hydrogens (tertiary/aromatic N) is 5. The summed E-state index contributed by atoms with van der Waals surface area (Å²) in [7, 11) is 2.04. The highest BCUT2D eigenvalue weighted by atomic mass is 79.9. The number of rotatable bonds is 5. The molecule has 0 N–H and O–H groups in total. The highest BCUT2D eigenvalue weighted by Crippen LogP contribution is 2.33. The van der Waals surface area contributed by atoms with Crippen LogP contribution in [0.5, 0.6) is 0 Å². The molecular formula is C21H19BrClN5. The summed E-state index contributed by atoms with van der Waals surface area (Å²) in [5, 5.41) is 9.52. The molecule has 0 aliphatic carbocycles. The number of benzene rings is 2. The van der Waals surface area contributed by atoms with Gasteiger partial charge in [-0.15, -0.1) is 16.8 Å². The first-order valence-electron chi connectivity index (χ1n) is 8.91. The quantitative estimate of drug-likeness (QED) is 0.525. The second-order valence-electron chi connectivity index (χ2n) is 6.63. The molecule has 0 atom stereocenters. The van der Waals surface area contributed by atoms with E-state index in [1.54, 1.807) is 0 Å². The Morgan fingerprint density at radius 1 is 1.21 bits per heavy atom. The van der Waals surface area contributed by atoms with E-state index in [4.69, 9.17) is 16.6 Å². The molecule has 0 radical (unpaired) electrons. The topological polar surface area (TPSA) is 46.3 Å². The van der Waals surface area contributed by atoms with Crippen LogP contribution in [0.2, 0.25) is 5.02 Å². The Kier molecular flexibility index (Phi) is 5.44. The molecule has 0 bridgehead atoms. The van der Waals surface area contributed by atoms with Gasteiger partial charge in [0.1, 0.15) is 6.54 Å². The van der Waals surface area contributed by atoms with Gasteiger partial charge in [-0.1, -0.05) is 57.9 Å². The molecule has 28 heavy (non-hydrogen) atoms. The van der Waals surface area contributed by atoms with Crippen LogP contribution >= 0.6 is 27.5 Å². The third kappa shape index (κ3) is 3.43. The molecule has 2 aromatic carbocycles. The first-order valence-corrected chi connectivity index (χ1v) is 10.1. The molecule has 5 nitrogen and oxygen atoms in total. The van der Waals surface area contributed by atoms with Crippen molar-refractivity contribution >= 4 is 33.2 Å². The van der Waals surface area contributed by atoms with Gasteiger partial charge in [-0.05, 0) is 25.2 Å². The second kappa shape index (κ2) is 7.99. The van der Waals surface area contributed by atoms with Crippen molar-refractivity contribution in [3.63, 3.8) is 0 Å². The molecule has 1 aliphatic heterocycles. The van der Waals surface area contributed by atoms with Crippen LogP contribution in [0.25, 0.3) is 5.69 Å². The van der Waals surface area contributed by atoms with Gasteiger partial charge in [0.2, 0.25) is 0 Å². The molecule has 0 unspecified atom stereocenters. The van der Waals surface area contributed by atoms with E-state index in [1.165, 1.54) is 0 Å². The van der Waals surface area contributed by atoms with Gasteiger partial charge in [0.15, 0.2) is 11.6 Å². The van der Waals surface area contributed by atoms with Crippen molar-refractivity contribution in [1.82, 2.24) is 19.7 Å². The zero-order valence-corrected chi connectivity index (χ0v) is 17.8. The Labute approximate surface area is 177 Å². The van der Waals surface area contributed by atoms with E-state index in [9.17, 15) is 0 Å². The fourth-order valence-corrected chi connectivity index (χ4v) is 4.17. The van der Waals surface area contributed by atoms with Crippen molar-refractivity contribution in [2.45, 2.75) is 13.1 Å². The minimum absolute atomic E-state index is 0.430. The van der Waals surface area contributed by atoms with E-state index in [2.05, 4.69) is 48.2 Å². The summed E-state index contributed by atoms with van der Waals surface area (Å²) in [6.07, 6.45) is 1.88. The lowest BCUT2D eigenvalue weighted by molar-refractivity contribution is 0.350. The normalized spacial score (nSPS) is 12.9. The Bertz CT molecular complexity index is 1070. The van der Waals surface area contributed by atoms with Crippen molar-refractivity contribution in [3.05, 3.63) is 87.4 Å². The summed E-state index contributed by atoms with van der Waals surface area (Å²) >= 11 is 10.2. The van der Waals surface area contributed by atoms with Gasteiger partial charge >= 0.3 is 0 Å². The van der Waals surface area contributed by atoms with Gasteiger partial charge in [-0.2, -0.15) is 0 Å². The largest absolute Gasteiger partial charge is 0.295 e. The van der Waals surface area contributed by atoms with Gasteiger partial charge in [0.25, 0.3) is 0 Å². The lowest BCUT2D eigenvalue weighted by Crippen LogP contribution is -2.21. The first-order chi connectivity index (χ1) is 13.6. The Morgan fingerprint density at radius 3 is 2.82 bits per heavy atom. The maximum atomic E-state index is 6.50. The molecule has 0 saturated heterocycles. The van der Waals surface area contributed by atoms with Gasteiger partial charge < -0.3 is 0 Å². The number of aromatic nitrogens is 3. The van der Waals surface area contributed by atoms with Crippen molar-refractivity contribution in [2.24, 2.45) is 4.99 Å². The van der Waals surface area contributed by atoms with Crippen LogP contribution in [0.3, 0.4) is 0 Å². The highest BCUT2D eigenvalue weighted by Gasteiger charge is 2.25. The molecule has 2 heterocycles. The highest BCUT2D eigenvalue weighted by molar-refractivity contribution is 9.10. The summed E-state index contributed by atoms with van der Waals surface area (Å²) in [5.74, 6) is 1.68. The summed E-state index contributed by atoms with van der Waals surface area (Å²) in [6, 6.07) is 13.9. The zero-order chi connectivity index (χ0) is 19.7. The molecule has 1 aromatic heterocycles. The van der Waals surface area contributed by atoms with E-state index in [1.807, 2.05) is 49.5 Å². The van der Waals surface area contributed by atoms with Crippen LogP contribution in [0, 0.1) is 0 Å². The molecule has 3 aromatic rings. The lowest BCUT2D eigenvalue weighted by Gasteiger charge is -2.18. The van der Waals surface area contributed by atoms with Crippen LogP contribution in [0.15, 0.2) is 64.6 Å². The number of fused-ring (bicyclic) bond motifs is 3. The van der Waals surface area contributed by atoms with E-state index < -0.39 is 0 Å². The Morgan fingerprint density at radius 2 is 2.04 bits per heavy atom. The van der Waals surface area contributed by atoms with Crippen molar-refractivity contribution in [3.8, 4) is 5.69 Å². The standard InChI is InChI=1S/C21H19BrClN5/c1-3-11-27(2)13-19-26-25-18-12-24-21(14-7-4-5-9-16(14)23)20-15(22)8-6-10-17(20)28(18)19/h3-10H,1,11-13H2,2H3. The first kappa shape index (κ1) is 19.1. The fraction of sp³-hybridized carbons (Fsp3) is 0.190. The average Bonchev–Trinajstić information content (AvgIpc) is 2.98. The molecule has 0 fully saturated rings. The van der Waals surface area contributed by atoms with Gasteiger partial charge in [-0.25, -0.2) is 0 Å². The maximum absolute atomic E-state index is 6.50. The maximum Gasteiger partial charge on any atom is 0.159 e. The average molecular weight is 457 g/mol. The van der Waals surface area contributed by atoms with Crippen molar-refractivity contribution < 1.29 is 0 Å². The number of halogens is 2. The molecule has 0 spiro atoms. The fourth-order valence-electron chi connectivity index (χ4n) is 3.40. The summed E-state index contributed by atoms with van der Waals surface area (Å²) in [4.78, 5) is 7.02. The monoisotopic (exact) mass is 455 g/mol. The van der Waals surface area contributed by atoms with Crippen LogP contribution in [0.1, 0.15) is 22.8 Å². The summed E-state index contributed by atoms with van der Waals surface area (Å²) in [6.45, 7) is 5.67. The minimum Gasteiger partial charge on any atom is -0.295 e. The van der Waals surface area contributed by atoms with E-state index >= 15 is 0 Å². The van der Waals surface area contributed by atoms with Crippen LogP contribution in [0.4, 0.5) is 0 Å². The van der Waals surface area contributed by atoms with E-state index in [-0.39, 0.29) is 0 Å². The number of hydrogen-bond donors (Lipinski definition) is 0. The van der Waals surface area contributed by atoms with Gasteiger partial charge in [0, 0.05) is 27.2 Å². The number of likely N-dealkylation sites (N-methyl/N-ethyl adjacent to an activating group) is 1. The van der Waals surface area contributed by atoms with Crippen LogP contribution in [-0.2, 0) is 13.1 Å². The van der Waals surface area contributed by atoms with E-state index in [0.29, 0.717) is 18.1 Å². The molecular weight excluding hydrogens is 438 g/mol. The van der Waals surface area contributed by atoms with Gasteiger partial charge in [0.05, 0.1) is 17.9 Å². The van der Waals surface area contributed by atoms with Crippen molar-refractivity contribution in [1.29, 1.82) is 0 Å². The van der Waals surface area contributed by atoms with Crippen LogP contribution < -0.4 is 0 Å². The number of hydrogen-bond acceptors (Lipinski definition) is 4. The third-order valence-corrected chi connectivity index (χ3v) is 5.62. The number of aliphatic imine (C=N–C) groups is 1. The molecule has 0 saturated carbocycles. The predicted molar refractivity (Wildman–Crippen MR) is 116 cm³/mol. The smallest absolute Gasteiger partial charge is 0.159 e. The SMILES string of the molecule is C=CCN(C)Cc1nnc2n1-c1cccc(Br)c1C(c1ccccc1Cl)=NC2. The third-order valence-electron chi connectivity index (χ3n) is 4.63. The molecule has 4 rings (SSSR count). The molecule has 1 aliphatic rings. The Balaban J connectivity index is 1.89. The molecule has 142 valence electrons. The minimum atomic E-state index is 0.430. The summed E-state index contributed by atoms with van der Waals surface area (Å²) in [5.41, 5.74) is 3.74. The van der Waals surface area contributed by atoms with Crippen molar-refractivity contribution in [2.75, 3.05) is 13.6 Å². The second-order valence-corrected chi connectivity index (χ2v) is 7.89. The lowest BCUT2D eigenvalue weighted by atomic mass is 10.0. The molecule has 7 heteroatoms. The Hall–Kier alpha value is -2.28. The molecule has 0 amide bonds. The summed E-state index contributed by atoms with van der Waals surface area (Å²) < 4.78 is 3.06. The van der Waals surface area contributed by atoms with Crippen LogP contribution in [-0.4, -0.2) is 39.0 Å². The predicted octanol–water partition coefficient (Wildman–Crippen LogP) is 4.65. The van der Waals surface area contributed by atoms with E-state index in [0.717, 1.165) is 45.2 Å².